The third-order valence-corrected chi connectivity index (χ3v) is 4.72. The Hall–Kier alpha value is -0.250. The minimum atomic E-state index is 0.581. The predicted octanol–water partition coefficient (Wildman–Crippen LogP) is 4.32. The van der Waals surface area contributed by atoms with Gasteiger partial charge in [-0.1, -0.05) is 25.4 Å². The van der Waals surface area contributed by atoms with Crippen molar-refractivity contribution in [2.45, 2.75) is 32.7 Å². The Morgan fingerprint density at radius 3 is 2.95 bits per heavy atom. The molecule has 0 spiro atoms. The fourth-order valence-corrected chi connectivity index (χ4v) is 3.13. The van der Waals surface area contributed by atoms with Crippen LogP contribution in [0.15, 0.2) is 22.7 Å². The monoisotopic (exact) mass is 344 g/mol. The summed E-state index contributed by atoms with van der Waals surface area (Å²) in [6.07, 6.45) is 2.42. The number of hydrogen-bond donors (Lipinski definition) is 1. The number of anilines is 1. The zero-order chi connectivity index (χ0) is 13.8. The number of rotatable bonds is 3. The SMILES string of the molecule is CC(C)CC1CN(c2ccc(Cl)c(Br)c2)CCCN1. The number of halogens is 2. The van der Waals surface area contributed by atoms with Crippen molar-refractivity contribution in [2.24, 2.45) is 5.92 Å². The van der Waals surface area contributed by atoms with Crippen molar-refractivity contribution in [2.75, 3.05) is 24.5 Å². The third-order valence-electron chi connectivity index (χ3n) is 3.50. The summed E-state index contributed by atoms with van der Waals surface area (Å²) in [6, 6.07) is 6.79. The summed E-state index contributed by atoms with van der Waals surface area (Å²) in [6.45, 7) is 7.87. The van der Waals surface area contributed by atoms with Crippen molar-refractivity contribution in [1.82, 2.24) is 5.32 Å². The molecule has 0 radical (unpaired) electrons. The summed E-state index contributed by atoms with van der Waals surface area (Å²) in [5.74, 6) is 0.731. The van der Waals surface area contributed by atoms with Crippen LogP contribution in [0, 0.1) is 5.92 Å². The zero-order valence-corrected chi connectivity index (χ0v) is 14.0. The molecule has 0 aromatic heterocycles. The maximum atomic E-state index is 6.07. The summed E-state index contributed by atoms with van der Waals surface area (Å²) in [7, 11) is 0. The quantitative estimate of drug-likeness (QED) is 0.878. The van der Waals surface area contributed by atoms with E-state index in [9.17, 15) is 0 Å². The minimum Gasteiger partial charge on any atom is -0.370 e. The molecule has 1 heterocycles. The third kappa shape index (κ3) is 4.37. The van der Waals surface area contributed by atoms with E-state index < -0.39 is 0 Å². The Morgan fingerprint density at radius 2 is 2.26 bits per heavy atom. The number of nitrogens with one attached hydrogen (secondary N) is 1. The molecule has 19 heavy (non-hydrogen) atoms. The van der Waals surface area contributed by atoms with Crippen molar-refractivity contribution >= 4 is 33.2 Å². The van der Waals surface area contributed by atoms with Gasteiger partial charge in [-0.3, -0.25) is 0 Å². The zero-order valence-electron chi connectivity index (χ0n) is 11.6. The summed E-state index contributed by atoms with van der Waals surface area (Å²) < 4.78 is 0.976. The first-order valence-electron chi connectivity index (χ1n) is 6.99. The van der Waals surface area contributed by atoms with E-state index in [0.29, 0.717) is 6.04 Å². The van der Waals surface area contributed by atoms with Crippen molar-refractivity contribution in [3.8, 4) is 0 Å². The molecule has 106 valence electrons. The Balaban J connectivity index is 2.10. The highest BCUT2D eigenvalue weighted by Gasteiger charge is 2.19. The molecule has 1 N–H and O–H groups in total. The number of nitrogens with zero attached hydrogens (tertiary/aromatic N) is 1. The molecule has 1 aliphatic heterocycles. The molecule has 1 aromatic rings. The summed E-state index contributed by atoms with van der Waals surface area (Å²) >= 11 is 9.58. The van der Waals surface area contributed by atoms with Gasteiger partial charge in [-0.05, 0) is 59.4 Å². The Morgan fingerprint density at radius 1 is 1.47 bits per heavy atom. The van der Waals surface area contributed by atoms with Crippen LogP contribution in [0.2, 0.25) is 5.02 Å². The largest absolute Gasteiger partial charge is 0.370 e. The Labute approximate surface area is 129 Å². The van der Waals surface area contributed by atoms with Crippen LogP contribution in [0.5, 0.6) is 0 Å². The lowest BCUT2D eigenvalue weighted by Gasteiger charge is -2.27. The Kier molecular flexibility index (Phi) is 5.55. The molecule has 4 heteroatoms. The summed E-state index contributed by atoms with van der Waals surface area (Å²) in [4.78, 5) is 2.47. The van der Waals surface area contributed by atoms with Crippen molar-refractivity contribution in [3.05, 3.63) is 27.7 Å². The molecule has 0 saturated carbocycles. The van der Waals surface area contributed by atoms with Crippen molar-refractivity contribution in [3.63, 3.8) is 0 Å². The van der Waals surface area contributed by atoms with E-state index in [0.717, 1.165) is 35.0 Å². The standard InChI is InChI=1S/C15H22BrClN2/c1-11(2)8-12-10-19(7-3-6-18-12)13-4-5-15(17)14(16)9-13/h4-5,9,11-12,18H,3,6-8,10H2,1-2H3. The van der Waals surface area contributed by atoms with Crippen LogP contribution in [0.1, 0.15) is 26.7 Å². The van der Waals surface area contributed by atoms with Gasteiger partial charge in [-0.25, -0.2) is 0 Å². The molecule has 1 atom stereocenters. The molecule has 0 bridgehead atoms. The highest BCUT2D eigenvalue weighted by molar-refractivity contribution is 9.10. The van der Waals surface area contributed by atoms with Gasteiger partial charge in [0, 0.05) is 29.3 Å². The van der Waals surface area contributed by atoms with Crippen LogP contribution in [0.3, 0.4) is 0 Å². The van der Waals surface area contributed by atoms with Gasteiger partial charge >= 0.3 is 0 Å². The van der Waals surface area contributed by atoms with Gasteiger partial charge in [0.15, 0.2) is 0 Å². The summed E-state index contributed by atoms with van der Waals surface area (Å²) in [5, 5.41) is 4.43. The van der Waals surface area contributed by atoms with Gasteiger partial charge in [-0.2, -0.15) is 0 Å². The van der Waals surface area contributed by atoms with E-state index in [1.807, 2.05) is 6.07 Å². The van der Waals surface area contributed by atoms with Crippen LogP contribution >= 0.6 is 27.5 Å². The van der Waals surface area contributed by atoms with Gasteiger partial charge < -0.3 is 10.2 Å². The van der Waals surface area contributed by atoms with E-state index in [1.165, 1.54) is 18.5 Å². The van der Waals surface area contributed by atoms with Gasteiger partial charge in [0.2, 0.25) is 0 Å². The first-order chi connectivity index (χ1) is 9.06. The molecule has 1 aromatic carbocycles. The van der Waals surface area contributed by atoms with Gasteiger partial charge in [-0.15, -0.1) is 0 Å². The molecule has 2 rings (SSSR count). The first-order valence-corrected chi connectivity index (χ1v) is 8.16. The molecule has 1 aliphatic rings. The van der Waals surface area contributed by atoms with E-state index in [-0.39, 0.29) is 0 Å². The number of benzene rings is 1. The van der Waals surface area contributed by atoms with Crippen LogP contribution in [-0.4, -0.2) is 25.7 Å². The molecule has 2 nitrogen and oxygen atoms in total. The average Bonchev–Trinajstić information content (AvgIpc) is 2.57. The van der Waals surface area contributed by atoms with Crippen LogP contribution in [-0.2, 0) is 0 Å². The fourth-order valence-electron chi connectivity index (χ4n) is 2.64. The molecule has 1 unspecified atom stereocenters. The molecular weight excluding hydrogens is 324 g/mol. The fraction of sp³-hybridized carbons (Fsp3) is 0.600. The van der Waals surface area contributed by atoms with Crippen LogP contribution in [0.4, 0.5) is 5.69 Å². The van der Waals surface area contributed by atoms with Gasteiger partial charge in [0.25, 0.3) is 0 Å². The van der Waals surface area contributed by atoms with Crippen molar-refractivity contribution < 1.29 is 0 Å². The van der Waals surface area contributed by atoms with Gasteiger partial charge in [0.1, 0.15) is 0 Å². The smallest absolute Gasteiger partial charge is 0.0549 e. The van der Waals surface area contributed by atoms with Gasteiger partial charge in [0.05, 0.1) is 5.02 Å². The lowest BCUT2D eigenvalue weighted by molar-refractivity contribution is 0.436. The molecular formula is C15H22BrClN2. The maximum Gasteiger partial charge on any atom is 0.0549 e. The highest BCUT2D eigenvalue weighted by Crippen LogP contribution is 2.28. The lowest BCUT2D eigenvalue weighted by Crippen LogP contribution is -2.38. The summed E-state index contributed by atoms with van der Waals surface area (Å²) in [5.41, 5.74) is 1.26. The highest BCUT2D eigenvalue weighted by atomic mass is 79.9. The van der Waals surface area contributed by atoms with Crippen LogP contribution in [0.25, 0.3) is 0 Å². The van der Waals surface area contributed by atoms with E-state index >= 15 is 0 Å². The second-order valence-corrected chi connectivity index (χ2v) is 6.94. The minimum absolute atomic E-state index is 0.581. The first kappa shape index (κ1) is 15.1. The predicted molar refractivity (Wildman–Crippen MR) is 87.2 cm³/mol. The molecule has 0 aliphatic carbocycles. The van der Waals surface area contributed by atoms with E-state index in [1.54, 1.807) is 0 Å². The van der Waals surface area contributed by atoms with E-state index in [2.05, 4.69) is 52.1 Å². The van der Waals surface area contributed by atoms with Crippen molar-refractivity contribution in [1.29, 1.82) is 0 Å². The molecule has 1 fully saturated rings. The topological polar surface area (TPSA) is 15.3 Å². The normalized spacial score (nSPS) is 20.7. The van der Waals surface area contributed by atoms with E-state index in [4.69, 9.17) is 11.6 Å². The molecule has 0 amide bonds. The number of hydrogen-bond acceptors (Lipinski definition) is 2. The molecule has 1 saturated heterocycles. The lowest BCUT2D eigenvalue weighted by atomic mass is 10.0. The van der Waals surface area contributed by atoms with Crippen LogP contribution < -0.4 is 10.2 Å². The second kappa shape index (κ2) is 6.96. The second-order valence-electron chi connectivity index (χ2n) is 5.68. The Bertz CT molecular complexity index is 423. The maximum absolute atomic E-state index is 6.07. The average molecular weight is 346 g/mol.